The summed E-state index contributed by atoms with van der Waals surface area (Å²) in [5, 5.41) is 9.45. The highest BCUT2D eigenvalue weighted by Crippen LogP contribution is 2.18. The molecule has 0 aliphatic heterocycles. The molecule has 0 aliphatic rings. The van der Waals surface area contributed by atoms with Gasteiger partial charge in [-0.25, -0.2) is 0 Å². The number of rotatable bonds is 7. The number of hydrogen-bond donors (Lipinski definition) is 1. The van der Waals surface area contributed by atoms with Crippen LogP contribution in [-0.4, -0.2) is 48.0 Å². The number of benzene rings is 2. The van der Waals surface area contributed by atoms with Gasteiger partial charge in [-0.3, -0.25) is 9.59 Å². The van der Waals surface area contributed by atoms with Gasteiger partial charge in [0.05, 0.1) is 6.61 Å². The van der Waals surface area contributed by atoms with Crippen LogP contribution >= 0.6 is 11.6 Å². The maximum Gasteiger partial charge on any atom is 0.263 e. The molecule has 0 radical (unpaired) electrons. The zero-order valence-electron chi connectivity index (χ0n) is 14.1. The molecule has 132 valence electrons. The molecule has 25 heavy (non-hydrogen) atoms. The van der Waals surface area contributed by atoms with Crippen LogP contribution in [0.2, 0.25) is 5.02 Å². The van der Waals surface area contributed by atoms with Crippen molar-refractivity contribution in [3.8, 4) is 5.75 Å². The highest BCUT2D eigenvalue weighted by atomic mass is 35.5. The molecule has 0 saturated carbocycles. The Morgan fingerprint density at radius 2 is 1.60 bits per heavy atom. The van der Waals surface area contributed by atoms with Crippen LogP contribution < -0.4 is 4.74 Å². The number of ketones is 1. The lowest BCUT2D eigenvalue weighted by Crippen LogP contribution is -2.39. The van der Waals surface area contributed by atoms with E-state index in [0.717, 1.165) is 0 Å². The summed E-state index contributed by atoms with van der Waals surface area (Å²) in [4.78, 5) is 25.8. The van der Waals surface area contributed by atoms with Crippen molar-refractivity contribution in [3.05, 3.63) is 64.7 Å². The van der Waals surface area contributed by atoms with E-state index in [2.05, 4.69) is 0 Å². The van der Waals surface area contributed by atoms with Gasteiger partial charge in [-0.05, 0) is 55.5 Å². The van der Waals surface area contributed by atoms with Gasteiger partial charge in [-0.15, -0.1) is 0 Å². The summed E-state index contributed by atoms with van der Waals surface area (Å²) in [7, 11) is 1.60. The van der Waals surface area contributed by atoms with Gasteiger partial charge in [0.2, 0.25) is 0 Å². The van der Waals surface area contributed by atoms with Crippen molar-refractivity contribution in [2.24, 2.45) is 0 Å². The Morgan fingerprint density at radius 3 is 2.12 bits per heavy atom. The second-order valence-corrected chi connectivity index (χ2v) is 6.04. The van der Waals surface area contributed by atoms with Crippen LogP contribution in [0, 0.1) is 0 Å². The molecule has 1 unspecified atom stereocenters. The van der Waals surface area contributed by atoms with Crippen LogP contribution in [0.3, 0.4) is 0 Å². The number of aliphatic hydroxyl groups excluding tert-OH is 1. The quantitative estimate of drug-likeness (QED) is 0.770. The molecule has 0 saturated heterocycles. The van der Waals surface area contributed by atoms with Crippen molar-refractivity contribution in [1.82, 2.24) is 4.90 Å². The summed E-state index contributed by atoms with van der Waals surface area (Å²) in [6.07, 6.45) is -0.686. The van der Waals surface area contributed by atoms with Crippen molar-refractivity contribution in [1.29, 1.82) is 0 Å². The van der Waals surface area contributed by atoms with Gasteiger partial charge in [-0.1, -0.05) is 11.6 Å². The molecular formula is C19H20ClNO4. The van der Waals surface area contributed by atoms with Crippen molar-refractivity contribution < 1.29 is 19.4 Å². The van der Waals surface area contributed by atoms with Gasteiger partial charge in [0.25, 0.3) is 5.91 Å². The van der Waals surface area contributed by atoms with Crippen LogP contribution in [-0.2, 0) is 4.79 Å². The van der Waals surface area contributed by atoms with Crippen LogP contribution in [0.25, 0.3) is 0 Å². The molecule has 0 aliphatic carbocycles. The second kappa shape index (κ2) is 8.65. The molecule has 0 aromatic heterocycles. The highest BCUT2D eigenvalue weighted by molar-refractivity contribution is 6.30. The molecule has 2 aromatic carbocycles. The smallest absolute Gasteiger partial charge is 0.263 e. The van der Waals surface area contributed by atoms with E-state index in [1.807, 2.05) is 0 Å². The van der Waals surface area contributed by atoms with E-state index >= 15 is 0 Å². The third kappa shape index (κ3) is 5.05. The summed E-state index contributed by atoms with van der Waals surface area (Å²) in [5.41, 5.74) is 1.07. The van der Waals surface area contributed by atoms with Crippen molar-refractivity contribution in [2.75, 3.05) is 20.2 Å². The Labute approximate surface area is 151 Å². The van der Waals surface area contributed by atoms with Crippen molar-refractivity contribution in [3.63, 3.8) is 0 Å². The predicted molar refractivity (Wildman–Crippen MR) is 96.1 cm³/mol. The number of amides is 1. The number of halogens is 1. The van der Waals surface area contributed by atoms with Crippen LogP contribution in [0.4, 0.5) is 0 Å². The Bertz CT molecular complexity index is 728. The number of ether oxygens (including phenoxy) is 1. The maximum absolute atomic E-state index is 12.4. The van der Waals surface area contributed by atoms with E-state index in [-0.39, 0.29) is 24.8 Å². The minimum Gasteiger partial charge on any atom is -0.481 e. The van der Waals surface area contributed by atoms with Gasteiger partial charge in [0, 0.05) is 29.7 Å². The Hall–Kier alpha value is -2.37. The molecule has 0 fully saturated rings. The van der Waals surface area contributed by atoms with Crippen LogP contribution in [0.5, 0.6) is 5.75 Å². The number of likely N-dealkylation sites (N-methyl/N-ethyl adjacent to an activating group) is 1. The first-order valence-corrected chi connectivity index (χ1v) is 8.23. The van der Waals surface area contributed by atoms with Gasteiger partial charge in [0.1, 0.15) is 5.75 Å². The topological polar surface area (TPSA) is 66.8 Å². The van der Waals surface area contributed by atoms with E-state index in [9.17, 15) is 9.59 Å². The maximum atomic E-state index is 12.4. The fourth-order valence-corrected chi connectivity index (χ4v) is 2.40. The van der Waals surface area contributed by atoms with Gasteiger partial charge in [-0.2, -0.15) is 0 Å². The standard InChI is InChI=1S/C19H20ClNO4/c1-13(19(24)21(2)11-12-22)25-17-9-5-15(6-10-17)18(23)14-3-7-16(20)8-4-14/h3-10,13,22H,11-12H2,1-2H3. The molecule has 2 rings (SSSR count). The lowest BCUT2D eigenvalue weighted by atomic mass is 10.0. The van der Waals surface area contributed by atoms with Gasteiger partial charge in [0.15, 0.2) is 11.9 Å². The molecule has 6 heteroatoms. The average molecular weight is 362 g/mol. The molecule has 1 atom stereocenters. The molecule has 0 heterocycles. The fraction of sp³-hybridized carbons (Fsp3) is 0.263. The summed E-state index contributed by atoms with van der Waals surface area (Å²) in [5.74, 6) is 0.149. The first-order chi connectivity index (χ1) is 11.9. The van der Waals surface area contributed by atoms with Gasteiger partial charge < -0.3 is 14.7 Å². The lowest BCUT2D eigenvalue weighted by Gasteiger charge is -2.21. The molecular weight excluding hydrogens is 342 g/mol. The monoisotopic (exact) mass is 361 g/mol. The Morgan fingerprint density at radius 1 is 1.08 bits per heavy atom. The van der Waals surface area contributed by atoms with Crippen molar-refractivity contribution >= 4 is 23.3 Å². The highest BCUT2D eigenvalue weighted by Gasteiger charge is 2.19. The zero-order valence-corrected chi connectivity index (χ0v) is 14.9. The average Bonchev–Trinajstić information content (AvgIpc) is 2.62. The summed E-state index contributed by atoms with van der Waals surface area (Å²) < 4.78 is 5.60. The Balaban J connectivity index is 2.03. The Kier molecular flexibility index (Phi) is 6.56. The molecule has 1 amide bonds. The molecule has 0 spiro atoms. The molecule has 2 aromatic rings. The van der Waals surface area contributed by atoms with Crippen molar-refractivity contribution in [2.45, 2.75) is 13.0 Å². The minimum absolute atomic E-state index is 0.101. The van der Waals surface area contributed by atoms with E-state index < -0.39 is 6.10 Å². The number of carbonyl (C=O) groups is 2. The predicted octanol–water partition coefficient (Wildman–Crippen LogP) is 2.79. The van der Waals surface area contributed by atoms with Crippen LogP contribution in [0.1, 0.15) is 22.8 Å². The number of nitrogens with zero attached hydrogens (tertiary/aromatic N) is 1. The fourth-order valence-electron chi connectivity index (χ4n) is 2.28. The third-order valence-corrected chi connectivity index (χ3v) is 3.95. The van der Waals surface area contributed by atoms with E-state index in [0.29, 0.717) is 21.9 Å². The SMILES string of the molecule is CC(Oc1ccc(C(=O)c2ccc(Cl)cc2)cc1)C(=O)N(C)CCO. The molecule has 1 N–H and O–H groups in total. The number of carbonyl (C=O) groups excluding carboxylic acids is 2. The number of hydrogen-bond acceptors (Lipinski definition) is 4. The lowest BCUT2D eigenvalue weighted by molar-refractivity contribution is -0.137. The van der Waals surface area contributed by atoms with Gasteiger partial charge >= 0.3 is 0 Å². The summed E-state index contributed by atoms with van der Waals surface area (Å²) >= 11 is 5.83. The van der Waals surface area contributed by atoms with Crippen LogP contribution in [0.15, 0.2) is 48.5 Å². The normalized spacial score (nSPS) is 11.7. The first-order valence-electron chi connectivity index (χ1n) is 7.85. The molecule has 5 nitrogen and oxygen atoms in total. The largest absolute Gasteiger partial charge is 0.481 e. The summed E-state index contributed by atoms with van der Waals surface area (Å²) in [6, 6.07) is 13.3. The number of aliphatic hydroxyl groups is 1. The minimum atomic E-state index is -0.686. The summed E-state index contributed by atoms with van der Waals surface area (Å²) in [6.45, 7) is 1.79. The third-order valence-electron chi connectivity index (χ3n) is 3.70. The van der Waals surface area contributed by atoms with E-state index in [4.69, 9.17) is 21.4 Å². The van der Waals surface area contributed by atoms with E-state index in [1.165, 1.54) is 4.90 Å². The van der Waals surface area contributed by atoms with E-state index in [1.54, 1.807) is 62.5 Å². The second-order valence-electron chi connectivity index (χ2n) is 5.60. The first kappa shape index (κ1) is 19.0. The zero-order chi connectivity index (χ0) is 18.4. The molecule has 0 bridgehead atoms.